The molecule has 134 valence electrons. The number of amides is 1. The number of anilines is 1. The molecule has 5 nitrogen and oxygen atoms in total. The van der Waals surface area contributed by atoms with Crippen LogP contribution in [0, 0.1) is 12.7 Å². The van der Waals surface area contributed by atoms with Gasteiger partial charge in [0, 0.05) is 12.1 Å². The van der Waals surface area contributed by atoms with Crippen LogP contribution in [-0.2, 0) is 20.7 Å². The first kappa shape index (κ1) is 18.0. The second-order valence-electron chi connectivity index (χ2n) is 5.75. The normalized spacial score (nSPS) is 10.7. The van der Waals surface area contributed by atoms with Crippen molar-refractivity contribution < 1.29 is 18.7 Å². The number of carbonyl (C=O) groups excluding carboxylic acids is 2. The van der Waals surface area contributed by atoms with E-state index in [1.165, 1.54) is 17.4 Å². The third kappa shape index (κ3) is 4.64. The van der Waals surface area contributed by atoms with Gasteiger partial charge in [0.25, 0.3) is 5.91 Å². The summed E-state index contributed by atoms with van der Waals surface area (Å²) in [5, 5.41) is 3.34. The zero-order valence-corrected chi connectivity index (χ0v) is 14.9. The monoisotopic (exact) mass is 372 g/mol. The van der Waals surface area contributed by atoms with E-state index in [-0.39, 0.29) is 6.42 Å². The summed E-state index contributed by atoms with van der Waals surface area (Å²) in [4.78, 5) is 28.0. The number of nitrogens with one attached hydrogen (secondary N) is 1. The van der Waals surface area contributed by atoms with Gasteiger partial charge in [-0.1, -0.05) is 18.2 Å². The number of esters is 1. The molecule has 0 aliphatic rings. The maximum absolute atomic E-state index is 13.4. The van der Waals surface area contributed by atoms with Crippen molar-refractivity contribution in [3.05, 3.63) is 58.9 Å². The van der Waals surface area contributed by atoms with E-state index in [9.17, 15) is 14.0 Å². The van der Waals surface area contributed by atoms with E-state index < -0.39 is 24.3 Å². The van der Waals surface area contributed by atoms with Crippen molar-refractivity contribution in [2.45, 2.75) is 19.8 Å². The second-order valence-corrected chi connectivity index (χ2v) is 6.86. The molecule has 0 radical (unpaired) electrons. The lowest BCUT2D eigenvalue weighted by atomic mass is 10.2. The van der Waals surface area contributed by atoms with E-state index in [1.54, 1.807) is 19.1 Å². The lowest BCUT2D eigenvalue weighted by Crippen LogP contribution is -2.21. The van der Waals surface area contributed by atoms with Crippen molar-refractivity contribution in [2.75, 3.05) is 11.9 Å². The van der Waals surface area contributed by atoms with Crippen LogP contribution in [0.2, 0.25) is 0 Å². The minimum atomic E-state index is -0.512. The van der Waals surface area contributed by atoms with Gasteiger partial charge in [-0.3, -0.25) is 9.59 Å². The molecule has 0 spiro atoms. The first-order valence-corrected chi connectivity index (χ1v) is 8.89. The number of aryl methyl sites for hydroxylation is 2. The van der Waals surface area contributed by atoms with Gasteiger partial charge >= 0.3 is 5.97 Å². The van der Waals surface area contributed by atoms with Crippen LogP contribution in [0.4, 0.5) is 10.1 Å². The topological polar surface area (TPSA) is 68.3 Å². The Morgan fingerprint density at radius 1 is 1.23 bits per heavy atom. The molecule has 1 aromatic heterocycles. The van der Waals surface area contributed by atoms with E-state index in [4.69, 9.17) is 4.74 Å². The average Bonchev–Trinajstić information content (AvgIpc) is 3.04. The largest absolute Gasteiger partial charge is 0.456 e. The van der Waals surface area contributed by atoms with Gasteiger partial charge < -0.3 is 10.1 Å². The van der Waals surface area contributed by atoms with Gasteiger partial charge in [0.05, 0.1) is 21.6 Å². The smallest absolute Gasteiger partial charge is 0.306 e. The molecule has 3 aromatic rings. The second kappa shape index (κ2) is 8.05. The Balaban J connectivity index is 1.44. The van der Waals surface area contributed by atoms with Gasteiger partial charge in [-0.2, -0.15) is 0 Å². The Morgan fingerprint density at radius 2 is 2.04 bits per heavy atom. The highest BCUT2D eigenvalue weighted by Crippen LogP contribution is 2.22. The van der Waals surface area contributed by atoms with Crippen molar-refractivity contribution in [3.63, 3.8) is 0 Å². The molecule has 3 rings (SSSR count). The Kier molecular flexibility index (Phi) is 5.58. The quantitative estimate of drug-likeness (QED) is 0.667. The number of hydrogen-bond donors (Lipinski definition) is 1. The van der Waals surface area contributed by atoms with E-state index in [0.29, 0.717) is 17.7 Å². The Morgan fingerprint density at radius 3 is 2.81 bits per heavy atom. The van der Waals surface area contributed by atoms with Crippen LogP contribution < -0.4 is 5.32 Å². The van der Waals surface area contributed by atoms with Gasteiger partial charge in [0.1, 0.15) is 5.82 Å². The highest BCUT2D eigenvalue weighted by Gasteiger charge is 2.11. The molecule has 26 heavy (non-hydrogen) atoms. The number of fused-ring (bicyclic) bond motifs is 1. The predicted molar refractivity (Wildman–Crippen MR) is 98.7 cm³/mol. The molecule has 1 amide bonds. The molecule has 0 aliphatic carbocycles. The number of hydrogen-bond acceptors (Lipinski definition) is 5. The molecule has 0 unspecified atom stereocenters. The van der Waals surface area contributed by atoms with Gasteiger partial charge in [-0.15, -0.1) is 11.3 Å². The number of nitrogens with zero attached hydrogens (tertiary/aromatic N) is 1. The number of benzene rings is 2. The zero-order valence-electron chi connectivity index (χ0n) is 14.1. The Hall–Kier alpha value is -2.80. The maximum Gasteiger partial charge on any atom is 0.306 e. The summed E-state index contributed by atoms with van der Waals surface area (Å²) in [5.74, 6) is -1.40. The number of thiazole rings is 1. The Labute approximate surface area is 153 Å². The van der Waals surface area contributed by atoms with E-state index in [2.05, 4.69) is 10.3 Å². The fourth-order valence-corrected chi connectivity index (χ4v) is 3.29. The van der Waals surface area contributed by atoms with Crippen molar-refractivity contribution in [3.8, 4) is 0 Å². The number of rotatable bonds is 6. The maximum atomic E-state index is 13.4. The third-order valence-corrected chi connectivity index (χ3v) is 4.80. The van der Waals surface area contributed by atoms with Gasteiger partial charge in [0.2, 0.25) is 0 Å². The Bertz CT molecular complexity index is 922. The molecule has 1 heterocycles. The predicted octanol–water partition coefficient (Wildman–Crippen LogP) is 3.86. The summed E-state index contributed by atoms with van der Waals surface area (Å²) < 4.78 is 19.5. The zero-order chi connectivity index (χ0) is 18.5. The molecule has 0 fully saturated rings. The standard InChI is InChI=1S/C19H17FN2O3S/c1-12-6-7-13(10-14(12)20)21-17(23)11-25-19(24)9-8-18-22-15-4-2-3-5-16(15)26-18/h2-7,10H,8-9,11H2,1H3,(H,21,23). The van der Waals surface area contributed by atoms with Crippen LogP contribution in [0.5, 0.6) is 0 Å². The molecule has 0 atom stereocenters. The SMILES string of the molecule is Cc1ccc(NC(=O)COC(=O)CCc2nc3ccccc3s2)cc1F. The van der Waals surface area contributed by atoms with Gasteiger partial charge in [-0.05, 0) is 36.8 Å². The molecule has 1 N–H and O–H groups in total. The fraction of sp³-hybridized carbons (Fsp3) is 0.211. The summed E-state index contributed by atoms with van der Waals surface area (Å²) >= 11 is 1.53. The fourth-order valence-electron chi connectivity index (χ4n) is 2.32. The van der Waals surface area contributed by atoms with Crippen molar-refractivity contribution in [2.24, 2.45) is 0 Å². The van der Waals surface area contributed by atoms with Gasteiger partial charge in [0.15, 0.2) is 6.61 Å². The summed E-state index contributed by atoms with van der Waals surface area (Å²) in [6, 6.07) is 12.1. The van der Waals surface area contributed by atoms with Crippen LogP contribution in [0.15, 0.2) is 42.5 Å². The van der Waals surface area contributed by atoms with Crippen molar-refractivity contribution in [1.82, 2.24) is 4.98 Å². The number of halogens is 1. The van der Waals surface area contributed by atoms with Crippen LogP contribution in [0.25, 0.3) is 10.2 Å². The number of aromatic nitrogens is 1. The molecule has 0 saturated heterocycles. The molecule has 2 aromatic carbocycles. The summed E-state index contributed by atoms with van der Waals surface area (Å²) in [6.45, 7) is 1.22. The van der Waals surface area contributed by atoms with Crippen molar-refractivity contribution >= 4 is 39.1 Å². The lowest BCUT2D eigenvalue weighted by Gasteiger charge is -2.07. The van der Waals surface area contributed by atoms with Crippen molar-refractivity contribution in [1.29, 1.82) is 0 Å². The first-order valence-electron chi connectivity index (χ1n) is 8.07. The van der Waals surface area contributed by atoms with Crippen LogP contribution >= 0.6 is 11.3 Å². The number of ether oxygens (including phenoxy) is 1. The van der Waals surface area contributed by atoms with Crippen LogP contribution in [-0.4, -0.2) is 23.5 Å². The minimum Gasteiger partial charge on any atom is -0.456 e. The summed E-state index contributed by atoms with van der Waals surface area (Å²) in [6.07, 6.45) is 0.606. The minimum absolute atomic E-state index is 0.145. The van der Waals surface area contributed by atoms with E-state index in [0.717, 1.165) is 15.2 Å². The van der Waals surface area contributed by atoms with E-state index in [1.807, 2.05) is 24.3 Å². The molecule has 0 saturated carbocycles. The summed E-state index contributed by atoms with van der Waals surface area (Å²) in [7, 11) is 0. The number of carbonyl (C=O) groups is 2. The summed E-state index contributed by atoms with van der Waals surface area (Å²) in [5.41, 5.74) is 1.72. The molecule has 0 bridgehead atoms. The highest BCUT2D eigenvalue weighted by molar-refractivity contribution is 7.18. The average molecular weight is 372 g/mol. The first-order chi connectivity index (χ1) is 12.5. The van der Waals surface area contributed by atoms with Crippen LogP contribution in [0.1, 0.15) is 17.0 Å². The number of para-hydroxylation sites is 1. The molecule has 7 heteroatoms. The molecular formula is C19H17FN2O3S. The third-order valence-electron chi connectivity index (χ3n) is 3.70. The highest BCUT2D eigenvalue weighted by atomic mass is 32.1. The molecule has 0 aliphatic heterocycles. The lowest BCUT2D eigenvalue weighted by molar-refractivity contribution is -0.147. The van der Waals surface area contributed by atoms with Gasteiger partial charge in [-0.25, -0.2) is 9.37 Å². The molecular weight excluding hydrogens is 355 g/mol. The van der Waals surface area contributed by atoms with Crippen LogP contribution in [0.3, 0.4) is 0 Å². The van der Waals surface area contributed by atoms with E-state index >= 15 is 0 Å².